The zero-order valence-corrected chi connectivity index (χ0v) is 11.2. The summed E-state index contributed by atoms with van der Waals surface area (Å²) in [7, 11) is 1.45. The van der Waals surface area contributed by atoms with E-state index in [1.165, 1.54) is 19.2 Å². The third-order valence-electron chi connectivity index (χ3n) is 2.84. The number of carboxylic acid groups (broad SMARTS) is 1. The Balaban J connectivity index is 2.26. The van der Waals surface area contributed by atoms with Gasteiger partial charge < -0.3 is 20.3 Å². The van der Waals surface area contributed by atoms with Gasteiger partial charge in [0, 0.05) is 0 Å². The minimum absolute atomic E-state index is 0.0669. The van der Waals surface area contributed by atoms with E-state index in [9.17, 15) is 14.7 Å². The summed E-state index contributed by atoms with van der Waals surface area (Å²) in [5, 5.41) is 21.1. The number of amides is 1. The van der Waals surface area contributed by atoms with E-state index in [0.29, 0.717) is 11.3 Å². The lowest BCUT2D eigenvalue weighted by Gasteiger charge is -2.10. The summed E-state index contributed by atoms with van der Waals surface area (Å²) in [6, 6.07) is 10.3. The standard InChI is InChI=1S/C15H13NO5/c1-21-13-5-3-2-4-10(13)14(18)16-11-7-6-9(15(19)20)8-12(11)17/h2-8,17H,1H3,(H,16,18)(H,19,20). The largest absolute Gasteiger partial charge is 0.506 e. The van der Waals surface area contributed by atoms with Gasteiger partial charge in [0.15, 0.2) is 0 Å². The van der Waals surface area contributed by atoms with Crippen LogP contribution in [0.2, 0.25) is 0 Å². The molecule has 0 aliphatic rings. The van der Waals surface area contributed by atoms with Crippen LogP contribution in [0.1, 0.15) is 20.7 Å². The zero-order valence-electron chi connectivity index (χ0n) is 11.2. The molecule has 0 unspecified atom stereocenters. The maximum absolute atomic E-state index is 12.1. The average Bonchev–Trinajstić information content (AvgIpc) is 2.48. The number of carboxylic acids is 1. The van der Waals surface area contributed by atoms with Gasteiger partial charge >= 0.3 is 5.97 Å². The number of nitrogens with one attached hydrogen (secondary N) is 1. The van der Waals surface area contributed by atoms with E-state index < -0.39 is 11.9 Å². The second-order valence-electron chi connectivity index (χ2n) is 4.19. The number of methoxy groups -OCH3 is 1. The summed E-state index contributed by atoms with van der Waals surface area (Å²) in [5.41, 5.74) is 0.361. The molecule has 21 heavy (non-hydrogen) atoms. The van der Waals surface area contributed by atoms with Crippen LogP contribution in [0.15, 0.2) is 42.5 Å². The molecular weight excluding hydrogens is 274 g/mol. The Bertz CT molecular complexity index is 696. The number of aromatic carboxylic acids is 1. The van der Waals surface area contributed by atoms with Gasteiger partial charge in [0.05, 0.1) is 23.9 Å². The third-order valence-corrected chi connectivity index (χ3v) is 2.84. The summed E-state index contributed by atoms with van der Waals surface area (Å²) in [6.07, 6.45) is 0. The number of hydrogen-bond donors (Lipinski definition) is 3. The molecule has 0 saturated heterocycles. The minimum atomic E-state index is -1.16. The van der Waals surface area contributed by atoms with Gasteiger partial charge in [-0.1, -0.05) is 12.1 Å². The topological polar surface area (TPSA) is 95.9 Å². The maximum Gasteiger partial charge on any atom is 0.335 e. The molecule has 108 valence electrons. The number of carbonyl (C=O) groups excluding carboxylic acids is 1. The number of phenols is 1. The fourth-order valence-corrected chi connectivity index (χ4v) is 1.79. The predicted octanol–water partition coefficient (Wildman–Crippen LogP) is 2.35. The summed E-state index contributed by atoms with van der Waals surface area (Å²) < 4.78 is 5.08. The molecule has 2 rings (SSSR count). The molecule has 0 radical (unpaired) electrons. The number of aromatic hydroxyl groups is 1. The van der Waals surface area contributed by atoms with Gasteiger partial charge in [-0.05, 0) is 30.3 Å². The highest BCUT2D eigenvalue weighted by molar-refractivity contribution is 6.07. The van der Waals surface area contributed by atoms with Crippen LogP contribution in [0.5, 0.6) is 11.5 Å². The fraction of sp³-hybridized carbons (Fsp3) is 0.0667. The minimum Gasteiger partial charge on any atom is -0.506 e. The SMILES string of the molecule is COc1ccccc1C(=O)Nc1ccc(C(=O)O)cc1O. The van der Waals surface area contributed by atoms with E-state index >= 15 is 0 Å². The number of carbonyl (C=O) groups is 2. The van der Waals surface area contributed by atoms with E-state index in [2.05, 4.69) is 5.32 Å². The highest BCUT2D eigenvalue weighted by atomic mass is 16.5. The first-order valence-corrected chi connectivity index (χ1v) is 6.03. The first-order chi connectivity index (χ1) is 10.0. The van der Waals surface area contributed by atoms with Crippen LogP contribution in [0.25, 0.3) is 0 Å². The van der Waals surface area contributed by atoms with Gasteiger partial charge in [0.2, 0.25) is 0 Å². The lowest BCUT2D eigenvalue weighted by Crippen LogP contribution is -2.13. The molecule has 6 nitrogen and oxygen atoms in total. The average molecular weight is 287 g/mol. The van der Waals surface area contributed by atoms with Crippen molar-refractivity contribution in [2.45, 2.75) is 0 Å². The summed E-state index contributed by atoms with van der Waals surface area (Å²) in [4.78, 5) is 22.9. The smallest absolute Gasteiger partial charge is 0.335 e. The molecule has 0 aliphatic heterocycles. The van der Waals surface area contributed by atoms with Crippen molar-refractivity contribution in [3.8, 4) is 11.5 Å². The number of rotatable bonds is 4. The molecular formula is C15H13NO5. The van der Waals surface area contributed by atoms with Gasteiger partial charge in [-0.3, -0.25) is 4.79 Å². The van der Waals surface area contributed by atoms with Crippen molar-refractivity contribution in [2.75, 3.05) is 12.4 Å². The van der Waals surface area contributed by atoms with Gasteiger partial charge in [0.1, 0.15) is 11.5 Å². The lowest BCUT2D eigenvalue weighted by molar-refractivity contribution is 0.0696. The molecule has 0 aromatic heterocycles. The highest BCUT2D eigenvalue weighted by Gasteiger charge is 2.14. The number of phenolic OH excluding ortho intramolecular Hbond substituents is 1. The molecule has 1 amide bonds. The molecule has 0 atom stereocenters. The van der Waals surface area contributed by atoms with E-state index in [0.717, 1.165) is 6.07 Å². The lowest BCUT2D eigenvalue weighted by atomic mass is 10.1. The van der Waals surface area contributed by atoms with Crippen molar-refractivity contribution < 1.29 is 24.5 Å². The number of benzene rings is 2. The van der Waals surface area contributed by atoms with Gasteiger partial charge in [-0.15, -0.1) is 0 Å². The van der Waals surface area contributed by atoms with E-state index in [1.54, 1.807) is 24.3 Å². The number of para-hydroxylation sites is 1. The quantitative estimate of drug-likeness (QED) is 0.750. The second kappa shape index (κ2) is 5.96. The summed E-state index contributed by atoms with van der Waals surface area (Å²) in [6.45, 7) is 0. The molecule has 6 heteroatoms. The van der Waals surface area contributed by atoms with E-state index in [1.807, 2.05) is 0 Å². The van der Waals surface area contributed by atoms with Crippen LogP contribution in [-0.4, -0.2) is 29.2 Å². The zero-order chi connectivity index (χ0) is 15.4. The Morgan fingerprint density at radius 1 is 1.14 bits per heavy atom. The van der Waals surface area contributed by atoms with Gasteiger partial charge in [-0.2, -0.15) is 0 Å². The number of hydrogen-bond acceptors (Lipinski definition) is 4. The van der Waals surface area contributed by atoms with E-state index in [4.69, 9.17) is 9.84 Å². The molecule has 0 bridgehead atoms. The molecule has 0 saturated carbocycles. The van der Waals surface area contributed by atoms with Crippen LogP contribution in [0.4, 0.5) is 5.69 Å². The Hall–Kier alpha value is -3.02. The molecule has 0 fully saturated rings. The second-order valence-corrected chi connectivity index (χ2v) is 4.19. The predicted molar refractivity (Wildman–Crippen MR) is 76.0 cm³/mol. The van der Waals surface area contributed by atoms with Crippen LogP contribution >= 0.6 is 0 Å². The monoisotopic (exact) mass is 287 g/mol. The van der Waals surface area contributed by atoms with Crippen molar-refractivity contribution in [1.82, 2.24) is 0 Å². The number of ether oxygens (including phenoxy) is 1. The molecule has 0 spiro atoms. The fourth-order valence-electron chi connectivity index (χ4n) is 1.79. The van der Waals surface area contributed by atoms with Gasteiger partial charge in [0.25, 0.3) is 5.91 Å². The van der Waals surface area contributed by atoms with Crippen molar-refractivity contribution in [1.29, 1.82) is 0 Å². The Labute approximate surface area is 120 Å². The first-order valence-electron chi connectivity index (χ1n) is 6.03. The van der Waals surface area contributed by atoms with Crippen molar-refractivity contribution >= 4 is 17.6 Å². The van der Waals surface area contributed by atoms with E-state index in [-0.39, 0.29) is 17.0 Å². The van der Waals surface area contributed by atoms with Crippen LogP contribution in [-0.2, 0) is 0 Å². The molecule has 2 aromatic carbocycles. The van der Waals surface area contributed by atoms with Crippen LogP contribution in [0, 0.1) is 0 Å². The van der Waals surface area contributed by atoms with Crippen molar-refractivity contribution in [2.24, 2.45) is 0 Å². The summed E-state index contributed by atoms with van der Waals surface area (Å²) >= 11 is 0. The normalized spacial score (nSPS) is 9.95. The Kier molecular flexibility index (Phi) is 4.08. The van der Waals surface area contributed by atoms with Crippen molar-refractivity contribution in [3.63, 3.8) is 0 Å². The van der Waals surface area contributed by atoms with Gasteiger partial charge in [-0.25, -0.2) is 4.79 Å². The first kappa shape index (κ1) is 14.4. The molecule has 0 aliphatic carbocycles. The Morgan fingerprint density at radius 2 is 1.86 bits per heavy atom. The number of anilines is 1. The summed E-state index contributed by atoms with van der Waals surface area (Å²) in [5.74, 6) is -1.55. The Morgan fingerprint density at radius 3 is 2.48 bits per heavy atom. The maximum atomic E-state index is 12.1. The van der Waals surface area contributed by atoms with Crippen LogP contribution in [0.3, 0.4) is 0 Å². The highest BCUT2D eigenvalue weighted by Crippen LogP contribution is 2.26. The molecule has 3 N–H and O–H groups in total. The molecule has 0 heterocycles. The third kappa shape index (κ3) is 3.11. The molecule has 2 aromatic rings. The van der Waals surface area contributed by atoms with Crippen molar-refractivity contribution in [3.05, 3.63) is 53.6 Å². The van der Waals surface area contributed by atoms with Crippen LogP contribution < -0.4 is 10.1 Å².